The van der Waals surface area contributed by atoms with Gasteiger partial charge >= 0.3 is 5.97 Å². The van der Waals surface area contributed by atoms with Crippen molar-refractivity contribution in [2.45, 2.75) is 65.0 Å². The van der Waals surface area contributed by atoms with E-state index in [1.165, 1.54) is 11.3 Å². The molecule has 1 aliphatic rings. The molecule has 112 valence electrons. The van der Waals surface area contributed by atoms with Crippen molar-refractivity contribution in [3.05, 3.63) is 17.0 Å². The second-order valence-corrected chi connectivity index (χ2v) is 5.95. The summed E-state index contributed by atoms with van der Waals surface area (Å²) < 4.78 is 2.01. The van der Waals surface area contributed by atoms with Crippen LogP contribution in [-0.2, 0) is 17.8 Å². The number of nitrogens with zero attached hydrogens (tertiary/aromatic N) is 2. The van der Waals surface area contributed by atoms with Gasteiger partial charge in [-0.1, -0.05) is 13.3 Å². The zero-order valence-electron chi connectivity index (χ0n) is 12.6. The molecule has 0 aromatic carbocycles. The number of aliphatic carboxylic acids is 1. The molecule has 3 N–H and O–H groups in total. The normalized spacial score (nSPS) is 26.1. The van der Waals surface area contributed by atoms with Crippen molar-refractivity contribution in [3.8, 4) is 0 Å². The number of carbonyl (C=O) groups is 1. The van der Waals surface area contributed by atoms with Gasteiger partial charge in [0.1, 0.15) is 5.54 Å². The Morgan fingerprint density at radius 2 is 2.25 bits per heavy atom. The lowest BCUT2D eigenvalue weighted by molar-refractivity contribution is -0.144. The molecule has 1 heterocycles. The fourth-order valence-corrected chi connectivity index (χ4v) is 3.53. The summed E-state index contributed by atoms with van der Waals surface area (Å²) in [7, 11) is 0. The number of carboxylic acids is 1. The molecule has 0 bridgehead atoms. The second-order valence-electron chi connectivity index (χ2n) is 5.95. The molecule has 5 heteroatoms. The Kier molecular flexibility index (Phi) is 4.18. The zero-order valence-corrected chi connectivity index (χ0v) is 12.6. The van der Waals surface area contributed by atoms with Gasteiger partial charge in [-0.25, -0.2) is 0 Å². The fourth-order valence-electron chi connectivity index (χ4n) is 3.53. The van der Waals surface area contributed by atoms with Gasteiger partial charge < -0.3 is 10.8 Å². The average Bonchev–Trinajstić information content (AvgIpc) is 2.89. The molecule has 0 spiro atoms. The van der Waals surface area contributed by atoms with E-state index in [2.05, 4.69) is 18.9 Å². The quantitative estimate of drug-likeness (QED) is 0.864. The van der Waals surface area contributed by atoms with Crippen molar-refractivity contribution in [1.29, 1.82) is 0 Å². The summed E-state index contributed by atoms with van der Waals surface area (Å²) in [5, 5.41) is 13.9. The van der Waals surface area contributed by atoms with Crippen LogP contribution < -0.4 is 5.73 Å². The predicted octanol–water partition coefficient (Wildman–Crippen LogP) is 2.03. The van der Waals surface area contributed by atoms with Crippen molar-refractivity contribution < 1.29 is 9.90 Å². The Balaban J connectivity index is 2.07. The molecule has 1 aliphatic carbocycles. The number of aryl methyl sites for hydroxylation is 2. The van der Waals surface area contributed by atoms with Crippen molar-refractivity contribution >= 4 is 5.97 Å². The van der Waals surface area contributed by atoms with Crippen molar-refractivity contribution in [3.63, 3.8) is 0 Å². The van der Waals surface area contributed by atoms with Crippen molar-refractivity contribution in [1.82, 2.24) is 9.78 Å². The van der Waals surface area contributed by atoms with Crippen LogP contribution in [0.25, 0.3) is 0 Å². The third-order valence-electron chi connectivity index (χ3n) is 4.84. The Morgan fingerprint density at radius 1 is 1.55 bits per heavy atom. The highest BCUT2D eigenvalue weighted by Gasteiger charge is 2.45. The minimum Gasteiger partial charge on any atom is -0.480 e. The maximum Gasteiger partial charge on any atom is 0.323 e. The van der Waals surface area contributed by atoms with Gasteiger partial charge in [-0.2, -0.15) is 5.10 Å². The number of carboxylic acid groups (broad SMARTS) is 1. The van der Waals surface area contributed by atoms with E-state index >= 15 is 0 Å². The summed E-state index contributed by atoms with van der Waals surface area (Å²) in [5.41, 5.74) is 8.61. The maximum absolute atomic E-state index is 11.4. The van der Waals surface area contributed by atoms with Crippen molar-refractivity contribution in [2.24, 2.45) is 11.7 Å². The summed E-state index contributed by atoms with van der Waals surface area (Å²) in [6, 6.07) is 0. The summed E-state index contributed by atoms with van der Waals surface area (Å²) in [6.45, 7) is 7.00. The third-order valence-corrected chi connectivity index (χ3v) is 4.84. The van der Waals surface area contributed by atoms with Crippen LogP contribution in [0.4, 0.5) is 0 Å². The van der Waals surface area contributed by atoms with E-state index in [4.69, 9.17) is 5.73 Å². The molecule has 2 atom stereocenters. The van der Waals surface area contributed by atoms with E-state index < -0.39 is 11.5 Å². The summed E-state index contributed by atoms with van der Waals surface area (Å²) in [5.74, 6) is -0.809. The fraction of sp³-hybridized carbons (Fsp3) is 0.733. The van der Waals surface area contributed by atoms with Crippen LogP contribution in [-0.4, -0.2) is 26.4 Å². The summed E-state index contributed by atoms with van der Waals surface area (Å²) >= 11 is 0. The Morgan fingerprint density at radius 3 is 2.80 bits per heavy atom. The lowest BCUT2D eigenvalue weighted by atomic mass is 9.86. The van der Waals surface area contributed by atoms with Gasteiger partial charge in [-0.15, -0.1) is 0 Å². The van der Waals surface area contributed by atoms with E-state index in [-0.39, 0.29) is 5.92 Å². The van der Waals surface area contributed by atoms with E-state index in [0.29, 0.717) is 6.42 Å². The number of aromatic nitrogens is 2. The molecule has 0 amide bonds. The van der Waals surface area contributed by atoms with Gasteiger partial charge in [0, 0.05) is 12.2 Å². The molecule has 1 saturated carbocycles. The maximum atomic E-state index is 11.4. The van der Waals surface area contributed by atoms with E-state index in [1.807, 2.05) is 11.6 Å². The van der Waals surface area contributed by atoms with E-state index in [1.54, 1.807) is 0 Å². The monoisotopic (exact) mass is 279 g/mol. The van der Waals surface area contributed by atoms with Crippen LogP contribution in [0.1, 0.15) is 49.6 Å². The standard InChI is InChI=1S/C15H25N3O2/c1-4-13-10(2)17-18(11(13)3)9-7-12-6-5-8-15(12,16)14(19)20/h12H,4-9,16H2,1-3H3,(H,19,20). The van der Waals surface area contributed by atoms with Crippen molar-refractivity contribution in [2.75, 3.05) is 0 Å². The molecule has 20 heavy (non-hydrogen) atoms. The molecule has 0 aliphatic heterocycles. The first-order valence-electron chi connectivity index (χ1n) is 7.45. The molecule has 1 aromatic rings. The number of rotatable bonds is 5. The van der Waals surface area contributed by atoms with Gasteiger partial charge in [-0.3, -0.25) is 9.48 Å². The van der Waals surface area contributed by atoms with Crippen LogP contribution >= 0.6 is 0 Å². The van der Waals surface area contributed by atoms with Gasteiger partial charge in [0.2, 0.25) is 0 Å². The molecule has 0 radical (unpaired) electrons. The van der Waals surface area contributed by atoms with Crippen LogP contribution in [0.3, 0.4) is 0 Å². The molecule has 5 nitrogen and oxygen atoms in total. The molecule has 0 saturated heterocycles. The highest BCUT2D eigenvalue weighted by molar-refractivity contribution is 5.79. The first-order valence-corrected chi connectivity index (χ1v) is 7.45. The molecule has 1 fully saturated rings. The van der Waals surface area contributed by atoms with E-state index in [0.717, 1.165) is 37.9 Å². The summed E-state index contributed by atoms with van der Waals surface area (Å²) in [4.78, 5) is 11.4. The Bertz CT molecular complexity index is 509. The molecule has 1 aromatic heterocycles. The smallest absolute Gasteiger partial charge is 0.323 e. The lowest BCUT2D eigenvalue weighted by Crippen LogP contribution is -2.51. The first kappa shape index (κ1) is 15.0. The largest absolute Gasteiger partial charge is 0.480 e. The first-order chi connectivity index (χ1) is 9.40. The highest BCUT2D eigenvalue weighted by atomic mass is 16.4. The summed E-state index contributed by atoms with van der Waals surface area (Å²) in [6.07, 6.45) is 4.17. The van der Waals surface area contributed by atoms with Crippen LogP contribution in [0.5, 0.6) is 0 Å². The minimum atomic E-state index is -1.04. The zero-order chi connectivity index (χ0) is 14.9. The minimum absolute atomic E-state index is 0.0500. The van der Waals surface area contributed by atoms with Gasteiger partial charge in [0.05, 0.1) is 5.69 Å². The lowest BCUT2D eigenvalue weighted by Gasteiger charge is -2.26. The molecular weight excluding hydrogens is 254 g/mol. The Hall–Kier alpha value is -1.36. The Labute approximate surface area is 120 Å². The van der Waals surface area contributed by atoms with E-state index in [9.17, 15) is 9.90 Å². The van der Waals surface area contributed by atoms with Crippen LogP contribution in [0, 0.1) is 19.8 Å². The second kappa shape index (κ2) is 5.56. The third kappa shape index (κ3) is 2.46. The molecule has 2 rings (SSSR count). The van der Waals surface area contributed by atoms with Crippen LogP contribution in [0.15, 0.2) is 0 Å². The highest BCUT2D eigenvalue weighted by Crippen LogP contribution is 2.36. The van der Waals surface area contributed by atoms with Gasteiger partial charge in [-0.05, 0) is 51.0 Å². The topological polar surface area (TPSA) is 81.1 Å². The van der Waals surface area contributed by atoms with Gasteiger partial charge in [0.25, 0.3) is 0 Å². The van der Waals surface area contributed by atoms with Crippen LogP contribution in [0.2, 0.25) is 0 Å². The average molecular weight is 279 g/mol. The molecule has 2 unspecified atom stereocenters. The number of hydrogen-bond donors (Lipinski definition) is 2. The number of nitrogens with two attached hydrogens (primary N) is 1. The SMILES string of the molecule is CCc1c(C)nn(CCC2CCCC2(N)C(=O)O)c1C. The molecular formula is C15H25N3O2. The predicted molar refractivity (Wildman–Crippen MR) is 77.6 cm³/mol. The van der Waals surface area contributed by atoms with Gasteiger partial charge in [0.15, 0.2) is 0 Å². The number of hydrogen-bond acceptors (Lipinski definition) is 3.